The molecule has 176 valence electrons. The van der Waals surface area contributed by atoms with Crippen LogP contribution in [0, 0.1) is 5.92 Å². The van der Waals surface area contributed by atoms with Crippen molar-refractivity contribution in [2.45, 2.75) is 95.7 Å². The summed E-state index contributed by atoms with van der Waals surface area (Å²) in [7, 11) is 0. The highest BCUT2D eigenvalue weighted by atomic mass is 16.4. The van der Waals surface area contributed by atoms with E-state index in [9.17, 15) is 9.90 Å². The number of nitrogens with one attached hydrogen (secondary N) is 2. The SMILES string of the molecule is CCCCCC(C(=O)O)N1C(CCC2CCNCC2)CCCC1c1n[nH]c2ccccc12. The summed E-state index contributed by atoms with van der Waals surface area (Å²) in [6.45, 7) is 4.42. The first-order valence-corrected chi connectivity index (χ1v) is 12.8. The van der Waals surface area contributed by atoms with Gasteiger partial charge in [-0.1, -0.05) is 44.4 Å². The summed E-state index contributed by atoms with van der Waals surface area (Å²) in [5.41, 5.74) is 2.08. The van der Waals surface area contributed by atoms with Gasteiger partial charge in [-0.2, -0.15) is 5.10 Å². The van der Waals surface area contributed by atoms with Crippen molar-refractivity contribution in [1.82, 2.24) is 20.4 Å². The molecule has 3 atom stereocenters. The van der Waals surface area contributed by atoms with Gasteiger partial charge in [0.2, 0.25) is 0 Å². The molecule has 2 aromatic rings. The van der Waals surface area contributed by atoms with Crippen molar-refractivity contribution in [3.05, 3.63) is 30.0 Å². The summed E-state index contributed by atoms with van der Waals surface area (Å²) >= 11 is 0. The van der Waals surface area contributed by atoms with Crippen LogP contribution in [0.5, 0.6) is 0 Å². The number of carbonyl (C=O) groups is 1. The van der Waals surface area contributed by atoms with Crippen molar-refractivity contribution in [2.24, 2.45) is 5.92 Å². The number of hydrogen-bond donors (Lipinski definition) is 3. The number of aliphatic carboxylic acids is 1. The Balaban J connectivity index is 1.61. The molecular weight excluding hydrogens is 400 g/mol. The minimum absolute atomic E-state index is 0.0700. The smallest absolute Gasteiger partial charge is 0.320 e. The van der Waals surface area contributed by atoms with E-state index in [1.165, 1.54) is 19.3 Å². The molecule has 4 rings (SSSR count). The summed E-state index contributed by atoms with van der Waals surface area (Å²) in [6, 6.07) is 8.22. The maximum atomic E-state index is 12.5. The molecule has 2 aliphatic heterocycles. The zero-order valence-corrected chi connectivity index (χ0v) is 19.6. The number of fused-ring (bicyclic) bond motifs is 1. The standard InChI is InChI=1S/C26H40N4O2/c1-2-3-4-11-24(26(31)32)30-20(14-13-19-15-17-27-18-16-19)8-7-12-23(30)25-21-9-5-6-10-22(21)28-29-25/h5-6,9-10,19-20,23-24,27H,2-4,7-8,11-18H2,1H3,(H,28,29)(H,31,32). The number of rotatable bonds is 10. The molecule has 1 aromatic carbocycles. The van der Waals surface area contributed by atoms with Crippen LogP contribution >= 0.6 is 0 Å². The van der Waals surface area contributed by atoms with Crippen molar-refractivity contribution in [1.29, 1.82) is 0 Å². The van der Waals surface area contributed by atoms with E-state index >= 15 is 0 Å². The number of aromatic amines is 1. The number of carboxylic acids is 1. The molecule has 3 heterocycles. The molecule has 0 aliphatic carbocycles. The van der Waals surface area contributed by atoms with Gasteiger partial charge in [0.05, 0.1) is 17.3 Å². The van der Waals surface area contributed by atoms with E-state index in [1.807, 2.05) is 6.07 Å². The molecule has 0 bridgehead atoms. The summed E-state index contributed by atoms with van der Waals surface area (Å²) < 4.78 is 0. The average molecular weight is 441 g/mol. The third-order valence-corrected chi connectivity index (χ3v) is 7.70. The minimum atomic E-state index is -0.667. The van der Waals surface area contributed by atoms with Crippen LogP contribution in [0.4, 0.5) is 0 Å². The molecule has 0 amide bonds. The van der Waals surface area contributed by atoms with Crippen LogP contribution in [0.3, 0.4) is 0 Å². The number of para-hydroxylation sites is 1. The number of H-pyrrole nitrogens is 1. The van der Waals surface area contributed by atoms with E-state index in [1.54, 1.807) is 0 Å². The van der Waals surface area contributed by atoms with Crippen LogP contribution in [-0.2, 0) is 4.79 Å². The molecule has 2 saturated heterocycles. The number of piperidine rings is 2. The average Bonchev–Trinajstić information content (AvgIpc) is 3.25. The highest BCUT2D eigenvalue weighted by Gasteiger charge is 2.40. The maximum absolute atomic E-state index is 12.5. The summed E-state index contributed by atoms with van der Waals surface area (Å²) in [6.07, 6.45) is 11.9. The monoisotopic (exact) mass is 440 g/mol. The Morgan fingerprint density at radius 1 is 1.16 bits per heavy atom. The van der Waals surface area contributed by atoms with Gasteiger partial charge in [-0.15, -0.1) is 0 Å². The normalized spacial score (nSPS) is 24.0. The first kappa shape index (κ1) is 23.2. The summed E-state index contributed by atoms with van der Waals surface area (Å²) in [4.78, 5) is 14.9. The van der Waals surface area contributed by atoms with Crippen molar-refractivity contribution in [2.75, 3.05) is 13.1 Å². The number of unbranched alkanes of at least 4 members (excludes halogenated alkanes) is 2. The zero-order valence-electron chi connectivity index (χ0n) is 19.6. The summed E-state index contributed by atoms with van der Waals surface area (Å²) in [5, 5.41) is 22.8. The van der Waals surface area contributed by atoms with E-state index in [2.05, 4.69) is 40.4 Å². The molecule has 2 aliphatic rings. The van der Waals surface area contributed by atoms with Gasteiger partial charge in [0.25, 0.3) is 0 Å². The van der Waals surface area contributed by atoms with Crippen LogP contribution in [0.2, 0.25) is 0 Å². The Morgan fingerprint density at radius 3 is 2.75 bits per heavy atom. The van der Waals surface area contributed by atoms with Crippen molar-refractivity contribution < 1.29 is 9.90 Å². The van der Waals surface area contributed by atoms with Crippen molar-refractivity contribution in [3.63, 3.8) is 0 Å². The third kappa shape index (κ3) is 5.34. The predicted octanol–water partition coefficient (Wildman–Crippen LogP) is 5.27. The fraction of sp³-hybridized carbons (Fsp3) is 0.692. The topological polar surface area (TPSA) is 81.2 Å². The molecule has 2 fully saturated rings. The molecular formula is C26H40N4O2. The molecule has 6 heteroatoms. The minimum Gasteiger partial charge on any atom is -0.480 e. The number of carboxylic acid groups (broad SMARTS) is 1. The van der Waals surface area contributed by atoms with Crippen LogP contribution in [-0.4, -0.2) is 51.3 Å². The highest BCUT2D eigenvalue weighted by molar-refractivity contribution is 5.82. The maximum Gasteiger partial charge on any atom is 0.320 e. The molecule has 0 saturated carbocycles. The van der Waals surface area contributed by atoms with Gasteiger partial charge in [-0.3, -0.25) is 14.8 Å². The van der Waals surface area contributed by atoms with Gasteiger partial charge in [0, 0.05) is 11.4 Å². The lowest BCUT2D eigenvalue weighted by Gasteiger charge is -2.45. The van der Waals surface area contributed by atoms with Gasteiger partial charge in [0.15, 0.2) is 0 Å². The molecule has 1 aromatic heterocycles. The van der Waals surface area contributed by atoms with Crippen LogP contribution < -0.4 is 5.32 Å². The van der Waals surface area contributed by atoms with E-state index in [0.29, 0.717) is 6.04 Å². The largest absolute Gasteiger partial charge is 0.480 e. The Labute approximate surface area is 192 Å². The lowest BCUT2D eigenvalue weighted by Crippen LogP contribution is -2.51. The Kier molecular flexibility index (Phi) is 8.20. The molecule has 32 heavy (non-hydrogen) atoms. The van der Waals surface area contributed by atoms with Crippen LogP contribution in [0.25, 0.3) is 10.9 Å². The molecule has 3 unspecified atom stereocenters. The molecule has 0 spiro atoms. The molecule has 6 nitrogen and oxygen atoms in total. The van der Waals surface area contributed by atoms with Crippen molar-refractivity contribution >= 4 is 16.9 Å². The Bertz CT molecular complexity index is 860. The van der Waals surface area contributed by atoms with Gasteiger partial charge < -0.3 is 10.4 Å². The van der Waals surface area contributed by atoms with Gasteiger partial charge in [0.1, 0.15) is 6.04 Å². The highest BCUT2D eigenvalue weighted by Crippen LogP contribution is 2.41. The van der Waals surface area contributed by atoms with Gasteiger partial charge >= 0.3 is 5.97 Å². The van der Waals surface area contributed by atoms with Crippen LogP contribution in [0.15, 0.2) is 24.3 Å². The number of likely N-dealkylation sites (tertiary alicyclic amines) is 1. The second-order valence-electron chi connectivity index (χ2n) is 9.82. The second-order valence-corrected chi connectivity index (χ2v) is 9.82. The fourth-order valence-electron chi connectivity index (χ4n) is 5.97. The Morgan fingerprint density at radius 2 is 1.97 bits per heavy atom. The predicted molar refractivity (Wildman–Crippen MR) is 129 cm³/mol. The first-order chi connectivity index (χ1) is 15.7. The third-order valence-electron chi connectivity index (χ3n) is 7.70. The number of aromatic nitrogens is 2. The second kappa shape index (κ2) is 11.3. The molecule has 3 N–H and O–H groups in total. The number of hydrogen-bond acceptors (Lipinski definition) is 4. The molecule has 0 radical (unpaired) electrons. The Hall–Kier alpha value is -1.92. The fourth-order valence-corrected chi connectivity index (χ4v) is 5.97. The number of nitrogens with zero attached hydrogens (tertiary/aromatic N) is 2. The summed E-state index contributed by atoms with van der Waals surface area (Å²) in [5.74, 6) is 0.104. The zero-order chi connectivity index (χ0) is 22.3. The van der Waals surface area contributed by atoms with E-state index in [4.69, 9.17) is 5.10 Å². The lowest BCUT2D eigenvalue weighted by molar-refractivity contribution is -0.147. The van der Waals surface area contributed by atoms with E-state index in [-0.39, 0.29) is 6.04 Å². The van der Waals surface area contributed by atoms with E-state index < -0.39 is 12.0 Å². The quantitative estimate of drug-likeness (QED) is 0.438. The van der Waals surface area contributed by atoms with E-state index in [0.717, 1.165) is 87.0 Å². The van der Waals surface area contributed by atoms with Gasteiger partial charge in [-0.05, 0) is 76.4 Å². The lowest BCUT2D eigenvalue weighted by atomic mass is 9.84. The van der Waals surface area contributed by atoms with Crippen LogP contribution in [0.1, 0.15) is 89.3 Å². The van der Waals surface area contributed by atoms with Gasteiger partial charge in [-0.25, -0.2) is 0 Å². The van der Waals surface area contributed by atoms with Crippen molar-refractivity contribution in [3.8, 4) is 0 Å². The number of benzene rings is 1. The first-order valence-electron chi connectivity index (χ1n) is 12.8.